The Morgan fingerprint density at radius 1 is 0.920 bits per heavy atom. The van der Waals surface area contributed by atoms with Crippen LogP contribution >= 0.6 is 0 Å². The molecule has 1 fully saturated rings. The van der Waals surface area contributed by atoms with Crippen molar-refractivity contribution in [2.24, 2.45) is 0 Å². The van der Waals surface area contributed by atoms with Gasteiger partial charge < -0.3 is 15.3 Å². The first-order chi connectivity index (χ1) is 12.1. The maximum atomic E-state index is 12.3. The van der Waals surface area contributed by atoms with Crippen LogP contribution in [0, 0.1) is 0 Å². The highest BCUT2D eigenvalue weighted by Gasteiger charge is 2.21. The summed E-state index contributed by atoms with van der Waals surface area (Å²) in [6.07, 6.45) is 0. The Kier molecular flexibility index (Phi) is 5.30. The monoisotopic (exact) mass is 339 g/mol. The number of carboxylic acids is 1. The number of benzene rings is 2. The minimum Gasteiger partial charge on any atom is -0.478 e. The molecule has 0 aliphatic carbocycles. The van der Waals surface area contributed by atoms with E-state index < -0.39 is 5.97 Å². The summed E-state index contributed by atoms with van der Waals surface area (Å²) < 4.78 is 0. The van der Waals surface area contributed by atoms with Gasteiger partial charge in [0.25, 0.3) is 0 Å². The lowest BCUT2D eigenvalue weighted by atomic mass is 10.2. The van der Waals surface area contributed by atoms with E-state index in [9.17, 15) is 9.59 Å². The van der Waals surface area contributed by atoms with Crippen LogP contribution in [0.5, 0.6) is 0 Å². The molecule has 2 N–H and O–H groups in total. The van der Waals surface area contributed by atoms with E-state index in [0.717, 1.165) is 19.6 Å². The summed E-state index contributed by atoms with van der Waals surface area (Å²) in [6, 6.07) is 16.3. The van der Waals surface area contributed by atoms with Crippen LogP contribution in [0.25, 0.3) is 0 Å². The highest BCUT2D eigenvalue weighted by Crippen LogP contribution is 2.13. The summed E-state index contributed by atoms with van der Waals surface area (Å²) in [5, 5.41) is 11.7. The normalized spacial score (nSPS) is 15.0. The molecule has 1 aliphatic rings. The van der Waals surface area contributed by atoms with E-state index in [2.05, 4.69) is 22.3 Å². The Morgan fingerprint density at radius 2 is 1.56 bits per heavy atom. The number of anilines is 1. The van der Waals surface area contributed by atoms with Crippen molar-refractivity contribution in [1.82, 2.24) is 9.80 Å². The molecule has 3 rings (SSSR count). The third-order valence-electron chi connectivity index (χ3n) is 4.29. The van der Waals surface area contributed by atoms with Crippen LogP contribution in [0.15, 0.2) is 54.6 Å². The van der Waals surface area contributed by atoms with E-state index in [1.54, 1.807) is 17.0 Å². The smallest absolute Gasteiger partial charge is 0.335 e. The topological polar surface area (TPSA) is 72.9 Å². The molecule has 0 spiro atoms. The van der Waals surface area contributed by atoms with Crippen molar-refractivity contribution >= 4 is 17.7 Å². The minimum absolute atomic E-state index is 0.151. The maximum absolute atomic E-state index is 12.3. The molecule has 2 amide bonds. The molecule has 1 heterocycles. The van der Waals surface area contributed by atoms with Gasteiger partial charge in [0.15, 0.2) is 0 Å². The number of nitrogens with zero attached hydrogens (tertiary/aromatic N) is 2. The summed E-state index contributed by atoms with van der Waals surface area (Å²) in [5.41, 5.74) is 2.08. The van der Waals surface area contributed by atoms with Gasteiger partial charge in [0.05, 0.1) is 5.56 Å². The zero-order valence-electron chi connectivity index (χ0n) is 13.9. The van der Waals surface area contributed by atoms with Crippen LogP contribution in [-0.2, 0) is 6.54 Å². The molecule has 0 unspecified atom stereocenters. The zero-order valence-corrected chi connectivity index (χ0v) is 13.9. The van der Waals surface area contributed by atoms with Gasteiger partial charge >= 0.3 is 12.0 Å². The third-order valence-corrected chi connectivity index (χ3v) is 4.29. The Balaban J connectivity index is 1.49. The van der Waals surface area contributed by atoms with Crippen LogP contribution in [0.2, 0.25) is 0 Å². The molecular formula is C19H21N3O3. The predicted molar refractivity (Wildman–Crippen MR) is 95.7 cm³/mol. The van der Waals surface area contributed by atoms with Crippen LogP contribution in [0.1, 0.15) is 15.9 Å². The molecule has 2 aromatic rings. The van der Waals surface area contributed by atoms with E-state index in [-0.39, 0.29) is 11.6 Å². The Morgan fingerprint density at radius 3 is 2.16 bits per heavy atom. The number of carbonyl (C=O) groups is 2. The molecule has 0 aromatic heterocycles. The number of piperazine rings is 1. The first kappa shape index (κ1) is 17.0. The molecule has 0 bridgehead atoms. The van der Waals surface area contributed by atoms with E-state index in [1.165, 1.54) is 17.7 Å². The van der Waals surface area contributed by atoms with Gasteiger partial charge in [-0.05, 0) is 29.8 Å². The van der Waals surface area contributed by atoms with Crippen molar-refractivity contribution in [3.8, 4) is 0 Å². The highest BCUT2D eigenvalue weighted by atomic mass is 16.4. The second-order valence-corrected chi connectivity index (χ2v) is 6.06. The van der Waals surface area contributed by atoms with E-state index in [4.69, 9.17) is 5.11 Å². The second kappa shape index (κ2) is 7.81. The van der Waals surface area contributed by atoms with Gasteiger partial charge in [-0.2, -0.15) is 0 Å². The minimum atomic E-state index is -0.979. The number of carbonyl (C=O) groups excluding carboxylic acids is 1. The Labute approximate surface area is 146 Å². The van der Waals surface area contributed by atoms with Crippen LogP contribution < -0.4 is 5.32 Å². The number of hydrogen-bond donors (Lipinski definition) is 2. The molecule has 2 aromatic carbocycles. The SMILES string of the molecule is O=C(O)c1ccc(NC(=O)N2CCN(Cc3ccccc3)CC2)cc1. The zero-order chi connectivity index (χ0) is 17.6. The summed E-state index contributed by atoms with van der Waals surface area (Å²) in [6.45, 7) is 3.91. The lowest BCUT2D eigenvalue weighted by Crippen LogP contribution is -2.49. The fourth-order valence-electron chi connectivity index (χ4n) is 2.85. The standard InChI is InChI=1S/C19H21N3O3/c23-18(24)16-6-8-17(9-7-16)20-19(25)22-12-10-21(11-13-22)14-15-4-2-1-3-5-15/h1-9H,10-14H2,(H,20,25)(H,23,24). The van der Waals surface area contributed by atoms with E-state index in [0.29, 0.717) is 18.8 Å². The van der Waals surface area contributed by atoms with E-state index in [1.807, 2.05) is 18.2 Å². The first-order valence-corrected chi connectivity index (χ1v) is 8.27. The van der Waals surface area contributed by atoms with Crippen molar-refractivity contribution in [3.63, 3.8) is 0 Å². The molecule has 1 saturated heterocycles. The van der Waals surface area contributed by atoms with Crippen molar-refractivity contribution in [2.75, 3.05) is 31.5 Å². The fraction of sp³-hybridized carbons (Fsp3) is 0.263. The van der Waals surface area contributed by atoms with Crippen LogP contribution in [0.3, 0.4) is 0 Å². The third kappa shape index (κ3) is 4.58. The first-order valence-electron chi connectivity index (χ1n) is 8.27. The summed E-state index contributed by atoms with van der Waals surface area (Å²) in [4.78, 5) is 27.3. The fourth-order valence-corrected chi connectivity index (χ4v) is 2.85. The lowest BCUT2D eigenvalue weighted by Gasteiger charge is -2.34. The summed E-state index contributed by atoms with van der Waals surface area (Å²) in [5.74, 6) is -0.979. The van der Waals surface area contributed by atoms with Crippen molar-refractivity contribution < 1.29 is 14.7 Å². The number of rotatable bonds is 4. The van der Waals surface area contributed by atoms with Crippen LogP contribution in [-0.4, -0.2) is 53.1 Å². The predicted octanol–water partition coefficient (Wildman–Crippen LogP) is 2.73. The molecule has 0 atom stereocenters. The molecule has 1 aliphatic heterocycles. The maximum Gasteiger partial charge on any atom is 0.335 e. The number of amides is 2. The summed E-state index contributed by atoms with van der Waals surface area (Å²) in [7, 11) is 0. The van der Waals surface area contributed by atoms with Crippen LogP contribution in [0.4, 0.5) is 10.5 Å². The van der Waals surface area contributed by atoms with Gasteiger partial charge in [0.1, 0.15) is 0 Å². The van der Waals surface area contributed by atoms with Crippen molar-refractivity contribution in [1.29, 1.82) is 0 Å². The second-order valence-electron chi connectivity index (χ2n) is 6.06. The lowest BCUT2D eigenvalue weighted by molar-refractivity contribution is 0.0697. The molecule has 25 heavy (non-hydrogen) atoms. The number of urea groups is 1. The van der Waals surface area contributed by atoms with Gasteiger partial charge in [0.2, 0.25) is 0 Å². The molecule has 0 saturated carbocycles. The molecule has 130 valence electrons. The Bertz CT molecular complexity index is 723. The van der Waals surface area contributed by atoms with Gasteiger partial charge in [0, 0.05) is 38.4 Å². The van der Waals surface area contributed by atoms with Crippen molar-refractivity contribution in [3.05, 3.63) is 65.7 Å². The van der Waals surface area contributed by atoms with Gasteiger partial charge in [-0.1, -0.05) is 30.3 Å². The Hall–Kier alpha value is -2.86. The van der Waals surface area contributed by atoms with Gasteiger partial charge in [-0.3, -0.25) is 4.90 Å². The molecule has 0 radical (unpaired) electrons. The van der Waals surface area contributed by atoms with Gasteiger partial charge in [-0.25, -0.2) is 9.59 Å². The van der Waals surface area contributed by atoms with E-state index >= 15 is 0 Å². The number of aromatic carboxylic acids is 1. The quantitative estimate of drug-likeness (QED) is 0.898. The molecule has 6 nitrogen and oxygen atoms in total. The van der Waals surface area contributed by atoms with Gasteiger partial charge in [-0.15, -0.1) is 0 Å². The highest BCUT2D eigenvalue weighted by molar-refractivity contribution is 5.91. The number of hydrogen-bond acceptors (Lipinski definition) is 3. The number of nitrogens with one attached hydrogen (secondary N) is 1. The average Bonchev–Trinajstić information content (AvgIpc) is 2.63. The summed E-state index contributed by atoms with van der Waals surface area (Å²) >= 11 is 0. The molecular weight excluding hydrogens is 318 g/mol. The largest absolute Gasteiger partial charge is 0.478 e. The van der Waals surface area contributed by atoms with Crippen molar-refractivity contribution in [2.45, 2.75) is 6.54 Å². The average molecular weight is 339 g/mol. The molecule has 6 heteroatoms. The number of carboxylic acid groups (broad SMARTS) is 1.